The summed E-state index contributed by atoms with van der Waals surface area (Å²) in [5, 5.41) is 12.1. The maximum atomic E-state index is 12.3. The van der Waals surface area contributed by atoms with E-state index in [4.69, 9.17) is 0 Å². The molecule has 0 aromatic heterocycles. The lowest BCUT2D eigenvalue weighted by molar-refractivity contribution is -0.138. The number of nitrogens with one attached hydrogen (secondary N) is 1. The van der Waals surface area contributed by atoms with Gasteiger partial charge in [0.05, 0.1) is 11.5 Å². The molecule has 3 heteroatoms. The molecule has 116 valence electrons. The van der Waals surface area contributed by atoms with E-state index in [1.165, 1.54) is 0 Å². The number of amides is 1. The van der Waals surface area contributed by atoms with E-state index in [0.717, 1.165) is 6.42 Å². The third-order valence-electron chi connectivity index (χ3n) is 3.53. The van der Waals surface area contributed by atoms with Gasteiger partial charge in [-0.1, -0.05) is 55.4 Å². The second kappa shape index (κ2) is 8.57. The highest BCUT2D eigenvalue weighted by Gasteiger charge is 2.44. The second-order valence-electron chi connectivity index (χ2n) is 6.74. The molecular formula is C16H35NO2. The Labute approximate surface area is 120 Å². The van der Waals surface area contributed by atoms with Crippen LogP contribution in [0.25, 0.3) is 0 Å². The van der Waals surface area contributed by atoms with Gasteiger partial charge < -0.3 is 10.4 Å². The molecule has 0 fully saturated rings. The topological polar surface area (TPSA) is 49.3 Å². The van der Waals surface area contributed by atoms with Crippen LogP contribution in [-0.4, -0.2) is 23.7 Å². The van der Waals surface area contributed by atoms with Gasteiger partial charge in [-0.3, -0.25) is 4.79 Å². The van der Waals surface area contributed by atoms with Gasteiger partial charge in [-0.2, -0.15) is 0 Å². The van der Waals surface area contributed by atoms with Crippen LogP contribution in [0.15, 0.2) is 0 Å². The molecule has 1 amide bonds. The van der Waals surface area contributed by atoms with E-state index in [9.17, 15) is 9.90 Å². The molecule has 0 bridgehead atoms. The fraction of sp³-hybridized carbons (Fsp3) is 0.938. The molecule has 0 aliphatic heterocycles. The Morgan fingerprint density at radius 1 is 1.11 bits per heavy atom. The van der Waals surface area contributed by atoms with Crippen molar-refractivity contribution >= 4 is 5.91 Å². The SMILES string of the molecule is CC.CC(C)CC(C)(C(=O)NCC(C)O)C(C)(C)C. The van der Waals surface area contributed by atoms with E-state index in [2.05, 4.69) is 39.9 Å². The Bertz CT molecular complexity index is 254. The zero-order valence-electron chi connectivity index (χ0n) is 14.4. The zero-order valence-corrected chi connectivity index (χ0v) is 14.4. The lowest BCUT2D eigenvalue weighted by Gasteiger charge is -2.42. The molecule has 19 heavy (non-hydrogen) atoms. The normalized spacial score (nSPS) is 16.2. The summed E-state index contributed by atoms with van der Waals surface area (Å²) in [5.74, 6) is 0.510. The third-order valence-corrected chi connectivity index (χ3v) is 3.53. The predicted molar refractivity (Wildman–Crippen MR) is 83.1 cm³/mol. The Kier molecular flexibility index (Phi) is 9.36. The molecule has 2 unspecified atom stereocenters. The van der Waals surface area contributed by atoms with Crippen LogP contribution in [0.4, 0.5) is 0 Å². The van der Waals surface area contributed by atoms with E-state index in [1.54, 1.807) is 6.92 Å². The van der Waals surface area contributed by atoms with E-state index in [0.29, 0.717) is 12.5 Å². The van der Waals surface area contributed by atoms with Gasteiger partial charge in [0.2, 0.25) is 5.91 Å². The van der Waals surface area contributed by atoms with Crippen molar-refractivity contribution in [1.29, 1.82) is 0 Å². The number of aliphatic hydroxyl groups excluding tert-OH is 1. The minimum Gasteiger partial charge on any atom is -0.392 e. The molecule has 0 saturated heterocycles. The van der Waals surface area contributed by atoms with Crippen LogP contribution in [0.2, 0.25) is 0 Å². The average molecular weight is 273 g/mol. The summed E-state index contributed by atoms with van der Waals surface area (Å²) in [6.45, 7) is 18.6. The first-order valence-electron chi connectivity index (χ1n) is 7.47. The molecule has 0 saturated carbocycles. The number of carbonyl (C=O) groups excluding carboxylic acids is 1. The highest BCUT2D eigenvalue weighted by molar-refractivity contribution is 5.83. The van der Waals surface area contributed by atoms with Gasteiger partial charge in [-0.25, -0.2) is 0 Å². The summed E-state index contributed by atoms with van der Waals surface area (Å²) < 4.78 is 0. The fourth-order valence-corrected chi connectivity index (χ4v) is 1.99. The van der Waals surface area contributed by atoms with Crippen molar-refractivity contribution in [2.45, 2.75) is 74.8 Å². The Morgan fingerprint density at radius 2 is 1.53 bits per heavy atom. The van der Waals surface area contributed by atoms with Crippen LogP contribution in [0.5, 0.6) is 0 Å². The number of hydrogen-bond donors (Lipinski definition) is 2. The van der Waals surface area contributed by atoms with E-state index >= 15 is 0 Å². The minimum atomic E-state index is -0.498. The summed E-state index contributed by atoms with van der Waals surface area (Å²) in [6, 6.07) is 0. The van der Waals surface area contributed by atoms with Crippen molar-refractivity contribution in [1.82, 2.24) is 5.32 Å². The van der Waals surface area contributed by atoms with Crippen LogP contribution in [-0.2, 0) is 4.79 Å². The maximum Gasteiger partial charge on any atom is 0.226 e. The third kappa shape index (κ3) is 6.95. The van der Waals surface area contributed by atoms with Crippen LogP contribution >= 0.6 is 0 Å². The van der Waals surface area contributed by atoms with E-state index in [-0.39, 0.29) is 11.3 Å². The lowest BCUT2D eigenvalue weighted by atomic mass is 9.63. The predicted octanol–water partition coefficient (Wildman–Crippen LogP) is 3.61. The molecule has 2 N–H and O–H groups in total. The lowest BCUT2D eigenvalue weighted by Crippen LogP contribution is -2.49. The van der Waals surface area contributed by atoms with Crippen LogP contribution in [0, 0.1) is 16.7 Å². The van der Waals surface area contributed by atoms with Crippen molar-refractivity contribution in [3.05, 3.63) is 0 Å². The Hall–Kier alpha value is -0.570. The Balaban J connectivity index is 0. The zero-order chi connectivity index (χ0) is 15.9. The minimum absolute atomic E-state index is 0.0413. The van der Waals surface area contributed by atoms with E-state index < -0.39 is 11.5 Å². The van der Waals surface area contributed by atoms with Crippen molar-refractivity contribution in [2.75, 3.05) is 6.54 Å². The molecule has 0 heterocycles. The molecule has 0 radical (unpaired) electrons. The van der Waals surface area contributed by atoms with Gasteiger partial charge in [0.25, 0.3) is 0 Å². The highest BCUT2D eigenvalue weighted by atomic mass is 16.3. The summed E-state index contributed by atoms with van der Waals surface area (Å²) in [5.41, 5.74) is -0.504. The quantitative estimate of drug-likeness (QED) is 0.804. The molecule has 0 rings (SSSR count). The first-order valence-corrected chi connectivity index (χ1v) is 7.47. The van der Waals surface area contributed by atoms with Gasteiger partial charge in [0.15, 0.2) is 0 Å². The van der Waals surface area contributed by atoms with Crippen molar-refractivity contribution in [3.8, 4) is 0 Å². The van der Waals surface area contributed by atoms with Crippen molar-refractivity contribution < 1.29 is 9.90 Å². The fourth-order valence-electron chi connectivity index (χ4n) is 1.99. The number of aliphatic hydroxyl groups is 1. The highest BCUT2D eigenvalue weighted by Crippen LogP contribution is 2.43. The van der Waals surface area contributed by atoms with Crippen LogP contribution in [0.1, 0.15) is 68.7 Å². The molecule has 2 atom stereocenters. The van der Waals surface area contributed by atoms with Gasteiger partial charge in [-0.15, -0.1) is 0 Å². The number of rotatable bonds is 5. The summed E-state index contributed by atoms with van der Waals surface area (Å²) in [7, 11) is 0. The second-order valence-corrected chi connectivity index (χ2v) is 6.74. The number of carbonyl (C=O) groups is 1. The Morgan fingerprint density at radius 3 is 1.79 bits per heavy atom. The molecule has 0 aromatic rings. The molecular weight excluding hydrogens is 238 g/mol. The van der Waals surface area contributed by atoms with E-state index in [1.807, 2.05) is 20.8 Å². The molecule has 0 spiro atoms. The standard InChI is InChI=1S/C14H29NO2.C2H6/c1-10(2)8-14(7,13(4,5)6)12(17)15-9-11(3)16;1-2/h10-11,16H,8-9H2,1-7H3,(H,15,17);1-2H3. The molecule has 0 aromatic carbocycles. The van der Waals surface area contributed by atoms with Gasteiger partial charge in [-0.05, 0) is 24.7 Å². The largest absolute Gasteiger partial charge is 0.392 e. The van der Waals surface area contributed by atoms with Crippen LogP contribution in [0.3, 0.4) is 0 Å². The maximum absolute atomic E-state index is 12.3. The molecule has 0 aliphatic rings. The summed E-state index contributed by atoms with van der Waals surface area (Å²) >= 11 is 0. The summed E-state index contributed by atoms with van der Waals surface area (Å²) in [6.07, 6.45) is 0.351. The summed E-state index contributed by atoms with van der Waals surface area (Å²) in [4.78, 5) is 12.3. The van der Waals surface area contributed by atoms with Crippen molar-refractivity contribution in [3.63, 3.8) is 0 Å². The average Bonchev–Trinajstić information content (AvgIpc) is 2.25. The number of hydrogen-bond acceptors (Lipinski definition) is 2. The van der Waals surface area contributed by atoms with Gasteiger partial charge in [0, 0.05) is 6.54 Å². The monoisotopic (exact) mass is 273 g/mol. The smallest absolute Gasteiger partial charge is 0.226 e. The molecule has 0 aliphatic carbocycles. The molecule has 3 nitrogen and oxygen atoms in total. The van der Waals surface area contributed by atoms with Crippen LogP contribution < -0.4 is 5.32 Å². The van der Waals surface area contributed by atoms with Gasteiger partial charge >= 0.3 is 0 Å². The van der Waals surface area contributed by atoms with Gasteiger partial charge in [0.1, 0.15) is 0 Å². The first kappa shape index (κ1) is 20.7. The first-order chi connectivity index (χ1) is 8.50. The van der Waals surface area contributed by atoms with Crippen molar-refractivity contribution in [2.24, 2.45) is 16.7 Å².